The predicted molar refractivity (Wildman–Crippen MR) is 82.9 cm³/mol. The van der Waals surface area contributed by atoms with Crippen molar-refractivity contribution in [3.05, 3.63) is 28.2 Å². The summed E-state index contributed by atoms with van der Waals surface area (Å²) < 4.78 is 6.44. The van der Waals surface area contributed by atoms with E-state index in [1.807, 2.05) is 25.1 Å². The van der Waals surface area contributed by atoms with Crippen molar-refractivity contribution < 1.29 is 9.53 Å². The molecule has 3 heteroatoms. The van der Waals surface area contributed by atoms with Gasteiger partial charge in [0.05, 0.1) is 12.2 Å². The van der Waals surface area contributed by atoms with Gasteiger partial charge in [-0.15, -0.1) is 0 Å². The first kappa shape index (κ1) is 16.2. The molecule has 0 saturated carbocycles. The van der Waals surface area contributed by atoms with Crippen molar-refractivity contribution in [2.45, 2.75) is 41.0 Å². The van der Waals surface area contributed by atoms with E-state index in [-0.39, 0.29) is 11.2 Å². The number of Topliss-reactive ketones (excluding diaryl/α,β-unsaturated/α-hetero) is 1. The molecule has 0 aliphatic carbocycles. The first-order chi connectivity index (χ1) is 8.75. The van der Waals surface area contributed by atoms with E-state index >= 15 is 0 Å². The second kappa shape index (κ2) is 6.56. The molecule has 0 aliphatic rings. The van der Waals surface area contributed by atoms with Crippen LogP contribution in [0.15, 0.2) is 22.7 Å². The molecule has 106 valence electrons. The van der Waals surface area contributed by atoms with Gasteiger partial charge in [-0.05, 0) is 36.5 Å². The molecular formula is C16H23BrO2. The standard InChI is InChI=1S/C16H23BrO2/c1-6-19-15-8-7-12(17)10-13(15)14(18)9-11(2)16(3,4)5/h7-8,10-11H,6,9H2,1-5H3. The smallest absolute Gasteiger partial charge is 0.166 e. The maximum absolute atomic E-state index is 12.4. The molecule has 19 heavy (non-hydrogen) atoms. The minimum absolute atomic E-state index is 0.132. The number of rotatable bonds is 5. The van der Waals surface area contributed by atoms with E-state index in [0.717, 1.165) is 4.47 Å². The molecule has 1 aromatic rings. The molecule has 0 bridgehead atoms. The van der Waals surface area contributed by atoms with Crippen molar-refractivity contribution in [1.82, 2.24) is 0 Å². The highest BCUT2D eigenvalue weighted by molar-refractivity contribution is 9.10. The summed E-state index contributed by atoms with van der Waals surface area (Å²) in [5.74, 6) is 1.15. The topological polar surface area (TPSA) is 26.3 Å². The molecule has 1 atom stereocenters. The normalized spacial score (nSPS) is 13.2. The third-order valence-electron chi connectivity index (χ3n) is 3.51. The van der Waals surface area contributed by atoms with Gasteiger partial charge >= 0.3 is 0 Å². The van der Waals surface area contributed by atoms with Crippen LogP contribution in [0.1, 0.15) is 51.4 Å². The number of benzene rings is 1. The van der Waals surface area contributed by atoms with Gasteiger partial charge in [-0.25, -0.2) is 0 Å². The first-order valence-electron chi connectivity index (χ1n) is 6.71. The van der Waals surface area contributed by atoms with Crippen LogP contribution in [0.2, 0.25) is 0 Å². The fraction of sp³-hybridized carbons (Fsp3) is 0.562. The maximum Gasteiger partial charge on any atom is 0.166 e. The van der Waals surface area contributed by atoms with Crippen LogP contribution in [0.4, 0.5) is 0 Å². The second-order valence-electron chi connectivity index (χ2n) is 5.97. The summed E-state index contributed by atoms with van der Waals surface area (Å²) in [6.07, 6.45) is 0.542. The van der Waals surface area contributed by atoms with Gasteiger partial charge in [-0.3, -0.25) is 4.79 Å². The molecule has 1 unspecified atom stereocenters. The highest BCUT2D eigenvalue weighted by Crippen LogP contribution is 2.31. The number of hydrogen-bond donors (Lipinski definition) is 0. The molecule has 0 amide bonds. The molecule has 0 N–H and O–H groups in total. The van der Waals surface area contributed by atoms with Crippen LogP contribution in [0.3, 0.4) is 0 Å². The quantitative estimate of drug-likeness (QED) is 0.703. The third-order valence-corrected chi connectivity index (χ3v) is 4.01. The Bertz CT molecular complexity index is 447. The second-order valence-corrected chi connectivity index (χ2v) is 6.88. The fourth-order valence-corrected chi connectivity index (χ4v) is 2.06. The summed E-state index contributed by atoms with van der Waals surface area (Å²) in [6.45, 7) is 11.1. The van der Waals surface area contributed by atoms with E-state index in [2.05, 4.69) is 43.6 Å². The zero-order valence-corrected chi connectivity index (χ0v) is 14.0. The van der Waals surface area contributed by atoms with Crippen molar-refractivity contribution in [3.63, 3.8) is 0 Å². The van der Waals surface area contributed by atoms with Crippen LogP contribution in [-0.4, -0.2) is 12.4 Å². The van der Waals surface area contributed by atoms with Crippen LogP contribution in [0, 0.1) is 11.3 Å². The number of hydrogen-bond acceptors (Lipinski definition) is 2. The van der Waals surface area contributed by atoms with E-state index < -0.39 is 0 Å². The summed E-state index contributed by atoms with van der Waals surface area (Å²) in [4.78, 5) is 12.4. The molecule has 0 spiro atoms. The van der Waals surface area contributed by atoms with Gasteiger partial charge < -0.3 is 4.74 Å². The molecule has 0 radical (unpaired) electrons. The molecule has 0 saturated heterocycles. The zero-order valence-electron chi connectivity index (χ0n) is 12.4. The van der Waals surface area contributed by atoms with Crippen LogP contribution < -0.4 is 4.74 Å². The van der Waals surface area contributed by atoms with Crippen molar-refractivity contribution in [2.24, 2.45) is 11.3 Å². The van der Waals surface area contributed by atoms with Gasteiger partial charge in [0.15, 0.2) is 5.78 Å². The summed E-state index contributed by atoms with van der Waals surface area (Å²) in [5.41, 5.74) is 0.806. The minimum Gasteiger partial charge on any atom is -0.493 e. The molecule has 0 heterocycles. The van der Waals surface area contributed by atoms with Crippen LogP contribution in [0.25, 0.3) is 0 Å². The largest absolute Gasteiger partial charge is 0.493 e. The summed E-state index contributed by atoms with van der Waals surface area (Å²) >= 11 is 3.41. The predicted octanol–water partition coefficient (Wildman–Crippen LogP) is 5.10. The Hall–Kier alpha value is -0.830. The fourth-order valence-electron chi connectivity index (χ4n) is 1.70. The van der Waals surface area contributed by atoms with Crippen LogP contribution in [0.5, 0.6) is 5.75 Å². The molecule has 0 aromatic heterocycles. The summed E-state index contributed by atoms with van der Waals surface area (Å²) in [5, 5.41) is 0. The van der Waals surface area contributed by atoms with Gasteiger partial charge in [-0.2, -0.15) is 0 Å². The molecule has 0 fully saturated rings. The summed E-state index contributed by atoms with van der Waals surface area (Å²) in [6, 6.07) is 5.60. The number of ether oxygens (including phenoxy) is 1. The monoisotopic (exact) mass is 326 g/mol. The Morgan fingerprint density at radius 3 is 2.53 bits per heavy atom. The molecule has 1 rings (SSSR count). The lowest BCUT2D eigenvalue weighted by atomic mass is 9.78. The average Bonchev–Trinajstić information content (AvgIpc) is 2.30. The number of halogens is 1. The van der Waals surface area contributed by atoms with E-state index in [1.165, 1.54) is 0 Å². The highest BCUT2D eigenvalue weighted by Gasteiger charge is 2.24. The number of ketones is 1. The van der Waals surface area contributed by atoms with Crippen molar-refractivity contribution in [3.8, 4) is 5.75 Å². The molecular weight excluding hydrogens is 304 g/mol. The molecule has 2 nitrogen and oxygen atoms in total. The van der Waals surface area contributed by atoms with E-state index in [1.54, 1.807) is 0 Å². The molecule has 0 aliphatic heterocycles. The number of carbonyl (C=O) groups is 1. The first-order valence-corrected chi connectivity index (χ1v) is 7.50. The maximum atomic E-state index is 12.4. The Balaban J connectivity index is 2.95. The van der Waals surface area contributed by atoms with Gasteiger partial charge in [0.1, 0.15) is 5.75 Å². The highest BCUT2D eigenvalue weighted by atomic mass is 79.9. The van der Waals surface area contributed by atoms with Crippen molar-refractivity contribution in [2.75, 3.05) is 6.61 Å². The Labute approximate surface area is 124 Å². The van der Waals surface area contributed by atoms with Crippen molar-refractivity contribution in [1.29, 1.82) is 0 Å². The number of carbonyl (C=O) groups excluding carboxylic acids is 1. The Kier molecular flexibility index (Phi) is 5.60. The van der Waals surface area contributed by atoms with Crippen molar-refractivity contribution >= 4 is 21.7 Å². The lowest BCUT2D eigenvalue weighted by molar-refractivity contribution is 0.0923. The Morgan fingerprint density at radius 1 is 1.37 bits per heavy atom. The van der Waals surface area contributed by atoms with Crippen LogP contribution >= 0.6 is 15.9 Å². The summed E-state index contributed by atoms with van der Waals surface area (Å²) in [7, 11) is 0. The van der Waals surface area contributed by atoms with Gasteiger partial charge in [0.25, 0.3) is 0 Å². The Morgan fingerprint density at radius 2 is 2.00 bits per heavy atom. The molecule has 1 aromatic carbocycles. The lowest BCUT2D eigenvalue weighted by Crippen LogP contribution is -2.21. The van der Waals surface area contributed by atoms with E-state index in [0.29, 0.717) is 30.3 Å². The average molecular weight is 327 g/mol. The van der Waals surface area contributed by atoms with Gasteiger partial charge in [0.2, 0.25) is 0 Å². The zero-order chi connectivity index (χ0) is 14.6. The van der Waals surface area contributed by atoms with E-state index in [9.17, 15) is 4.79 Å². The SMILES string of the molecule is CCOc1ccc(Br)cc1C(=O)CC(C)C(C)(C)C. The minimum atomic E-state index is 0.132. The third kappa shape index (κ3) is 4.64. The van der Waals surface area contributed by atoms with Crippen LogP contribution in [-0.2, 0) is 0 Å². The van der Waals surface area contributed by atoms with Gasteiger partial charge in [-0.1, -0.05) is 43.6 Å². The lowest BCUT2D eigenvalue weighted by Gasteiger charge is -2.26. The van der Waals surface area contributed by atoms with Gasteiger partial charge in [0, 0.05) is 10.9 Å². The van der Waals surface area contributed by atoms with E-state index in [4.69, 9.17) is 4.74 Å².